The molecule has 0 bridgehead atoms. The number of nitrogens with two attached hydrogens (primary N) is 1. The SMILES string of the molecule is CC(c1ccccc1Cl)N(C)C(=O)c1cc(Br)cnc1N. The van der Waals surface area contributed by atoms with Gasteiger partial charge in [-0.05, 0) is 40.5 Å². The van der Waals surface area contributed by atoms with Crippen molar-refractivity contribution in [3.05, 3.63) is 57.2 Å². The molecule has 1 heterocycles. The molecule has 1 aromatic carbocycles. The van der Waals surface area contributed by atoms with Crippen molar-refractivity contribution < 1.29 is 4.79 Å². The minimum absolute atomic E-state index is 0.176. The smallest absolute Gasteiger partial charge is 0.257 e. The van der Waals surface area contributed by atoms with Crippen molar-refractivity contribution in [2.75, 3.05) is 12.8 Å². The maximum atomic E-state index is 12.6. The summed E-state index contributed by atoms with van der Waals surface area (Å²) in [6.45, 7) is 1.92. The molecule has 21 heavy (non-hydrogen) atoms. The fraction of sp³-hybridized carbons (Fsp3) is 0.200. The van der Waals surface area contributed by atoms with Crippen LogP contribution in [0.3, 0.4) is 0 Å². The molecule has 1 atom stereocenters. The van der Waals surface area contributed by atoms with Crippen LogP contribution in [-0.2, 0) is 0 Å². The van der Waals surface area contributed by atoms with E-state index in [1.807, 2.05) is 25.1 Å². The molecule has 0 saturated carbocycles. The molecule has 0 aliphatic heterocycles. The lowest BCUT2D eigenvalue weighted by Gasteiger charge is -2.26. The van der Waals surface area contributed by atoms with E-state index in [1.54, 1.807) is 30.3 Å². The molecule has 0 aliphatic rings. The van der Waals surface area contributed by atoms with Gasteiger partial charge in [-0.3, -0.25) is 4.79 Å². The third-order valence-electron chi connectivity index (χ3n) is 3.37. The van der Waals surface area contributed by atoms with Crippen molar-refractivity contribution in [2.45, 2.75) is 13.0 Å². The predicted octanol–water partition coefficient (Wildman–Crippen LogP) is 3.91. The van der Waals surface area contributed by atoms with Gasteiger partial charge in [0.15, 0.2) is 0 Å². The molecule has 0 spiro atoms. The van der Waals surface area contributed by atoms with Gasteiger partial charge in [-0.1, -0.05) is 29.8 Å². The second-order valence-corrected chi connectivity index (χ2v) is 6.02. The van der Waals surface area contributed by atoms with Crippen LogP contribution < -0.4 is 5.73 Å². The average Bonchev–Trinajstić information content (AvgIpc) is 2.48. The van der Waals surface area contributed by atoms with Gasteiger partial charge in [0.2, 0.25) is 0 Å². The Kier molecular flexibility index (Phi) is 4.85. The zero-order valence-corrected chi connectivity index (χ0v) is 14.0. The first-order valence-corrected chi connectivity index (χ1v) is 7.51. The summed E-state index contributed by atoms with van der Waals surface area (Å²) in [4.78, 5) is 18.2. The highest BCUT2D eigenvalue weighted by Crippen LogP contribution is 2.28. The molecule has 0 aliphatic carbocycles. The van der Waals surface area contributed by atoms with Crippen LogP contribution >= 0.6 is 27.5 Å². The molecule has 2 rings (SSSR count). The minimum atomic E-state index is -0.200. The largest absolute Gasteiger partial charge is 0.383 e. The maximum absolute atomic E-state index is 12.6. The molecule has 0 saturated heterocycles. The lowest BCUT2D eigenvalue weighted by atomic mass is 10.1. The van der Waals surface area contributed by atoms with Crippen LogP contribution in [-0.4, -0.2) is 22.8 Å². The van der Waals surface area contributed by atoms with Crippen LogP contribution in [0.2, 0.25) is 5.02 Å². The number of nitrogens with zero attached hydrogens (tertiary/aromatic N) is 2. The number of carbonyl (C=O) groups excluding carboxylic acids is 1. The molecular formula is C15H15BrClN3O. The van der Waals surface area contributed by atoms with Crippen LogP contribution in [0.15, 0.2) is 41.0 Å². The van der Waals surface area contributed by atoms with E-state index in [-0.39, 0.29) is 17.8 Å². The van der Waals surface area contributed by atoms with Crippen molar-refractivity contribution in [3.63, 3.8) is 0 Å². The number of rotatable bonds is 3. The predicted molar refractivity (Wildman–Crippen MR) is 88.3 cm³/mol. The number of amides is 1. The van der Waals surface area contributed by atoms with Crippen molar-refractivity contribution >= 4 is 39.3 Å². The van der Waals surface area contributed by atoms with E-state index in [4.69, 9.17) is 17.3 Å². The summed E-state index contributed by atoms with van der Waals surface area (Å²) in [5.41, 5.74) is 7.04. The zero-order valence-electron chi connectivity index (χ0n) is 11.7. The quantitative estimate of drug-likeness (QED) is 0.893. The minimum Gasteiger partial charge on any atom is -0.383 e. The number of nitrogen functional groups attached to an aromatic ring is 1. The Bertz CT molecular complexity index is 678. The highest BCUT2D eigenvalue weighted by atomic mass is 79.9. The highest BCUT2D eigenvalue weighted by molar-refractivity contribution is 9.10. The number of hydrogen-bond donors (Lipinski definition) is 1. The third kappa shape index (κ3) is 3.36. The van der Waals surface area contributed by atoms with Gasteiger partial charge in [-0.15, -0.1) is 0 Å². The Labute approximate surface area is 137 Å². The van der Waals surface area contributed by atoms with Gasteiger partial charge in [0.05, 0.1) is 11.6 Å². The van der Waals surface area contributed by atoms with Gasteiger partial charge >= 0.3 is 0 Å². The van der Waals surface area contributed by atoms with Gasteiger partial charge in [-0.2, -0.15) is 0 Å². The van der Waals surface area contributed by atoms with E-state index in [0.29, 0.717) is 15.1 Å². The van der Waals surface area contributed by atoms with Crippen LogP contribution in [0, 0.1) is 0 Å². The first kappa shape index (κ1) is 15.8. The molecule has 6 heteroatoms. The average molecular weight is 369 g/mol. The van der Waals surface area contributed by atoms with Crippen LogP contribution in [0.25, 0.3) is 0 Å². The summed E-state index contributed by atoms with van der Waals surface area (Å²) in [6, 6.07) is 8.95. The molecule has 2 N–H and O–H groups in total. The first-order chi connectivity index (χ1) is 9.91. The fourth-order valence-electron chi connectivity index (χ4n) is 2.01. The number of hydrogen-bond acceptors (Lipinski definition) is 3. The Morgan fingerprint density at radius 2 is 2.10 bits per heavy atom. The fourth-order valence-corrected chi connectivity index (χ4v) is 2.63. The lowest BCUT2D eigenvalue weighted by molar-refractivity contribution is 0.0743. The first-order valence-electron chi connectivity index (χ1n) is 6.34. The lowest BCUT2D eigenvalue weighted by Crippen LogP contribution is -2.30. The van der Waals surface area contributed by atoms with E-state index in [2.05, 4.69) is 20.9 Å². The molecule has 1 amide bonds. The molecular weight excluding hydrogens is 354 g/mol. The summed E-state index contributed by atoms with van der Waals surface area (Å²) in [7, 11) is 1.72. The third-order valence-corrected chi connectivity index (χ3v) is 4.15. The second-order valence-electron chi connectivity index (χ2n) is 4.70. The normalized spacial score (nSPS) is 12.0. The number of benzene rings is 1. The molecule has 110 valence electrons. The Balaban J connectivity index is 2.31. The summed E-state index contributed by atoms with van der Waals surface area (Å²) in [5.74, 6) is 0.00938. The second kappa shape index (κ2) is 6.45. The summed E-state index contributed by atoms with van der Waals surface area (Å²) < 4.78 is 0.707. The van der Waals surface area contributed by atoms with E-state index in [0.717, 1.165) is 5.56 Å². The Hall–Kier alpha value is -1.59. The summed E-state index contributed by atoms with van der Waals surface area (Å²) in [5, 5.41) is 0.630. The van der Waals surface area contributed by atoms with Gasteiger partial charge < -0.3 is 10.6 Å². The molecule has 4 nitrogen and oxygen atoms in total. The molecule has 1 aromatic heterocycles. The zero-order chi connectivity index (χ0) is 15.6. The summed E-state index contributed by atoms with van der Waals surface area (Å²) >= 11 is 9.49. The Morgan fingerprint density at radius 1 is 1.43 bits per heavy atom. The Morgan fingerprint density at radius 3 is 2.76 bits per heavy atom. The highest BCUT2D eigenvalue weighted by Gasteiger charge is 2.22. The van der Waals surface area contributed by atoms with Crippen LogP contribution in [0.5, 0.6) is 0 Å². The molecule has 0 radical (unpaired) electrons. The van der Waals surface area contributed by atoms with Crippen molar-refractivity contribution in [2.24, 2.45) is 0 Å². The number of carbonyl (C=O) groups is 1. The van der Waals surface area contributed by atoms with E-state index in [1.165, 1.54) is 0 Å². The molecule has 2 aromatic rings. The standard InChI is InChI=1S/C15H15BrClN3O/c1-9(11-5-3-4-6-13(11)17)20(2)15(21)12-7-10(16)8-19-14(12)18/h3-9H,1-2H3,(H2,18,19). The van der Waals surface area contributed by atoms with Crippen molar-refractivity contribution in [1.82, 2.24) is 9.88 Å². The van der Waals surface area contributed by atoms with Gasteiger partial charge in [0.1, 0.15) is 5.82 Å². The summed E-state index contributed by atoms with van der Waals surface area (Å²) in [6.07, 6.45) is 1.56. The van der Waals surface area contributed by atoms with Crippen molar-refractivity contribution in [3.8, 4) is 0 Å². The number of pyridine rings is 1. The molecule has 1 unspecified atom stereocenters. The topological polar surface area (TPSA) is 59.2 Å². The number of aromatic nitrogens is 1. The van der Waals surface area contributed by atoms with Gasteiger partial charge in [0, 0.05) is 22.7 Å². The number of anilines is 1. The van der Waals surface area contributed by atoms with Crippen molar-refractivity contribution in [1.29, 1.82) is 0 Å². The monoisotopic (exact) mass is 367 g/mol. The van der Waals surface area contributed by atoms with Crippen LogP contribution in [0.1, 0.15) is 28.9 Å². The van der Waals surface area contributed by atoms with E-state index < -0.39 is 0 Å². The van der Waals surface area contributed by atoms with E-state index >= 15 is 0 Å². The van der Waals surface area contributed by atoms with Crippen LogP contribution in [0.4, 0.5) is 5.82 Å². The van der Waals surface area contributed by atoms with Gasteiger partial charge in [0.25, 0.3) is 5.91 Å². The number of halogens is 2. The maximum Gasteiger partial charge on any atom is 0.257 e. The van der Waals surface area contributed by atoms with E-state index in [9.17, 15) is 4.79 Å². The molecule has 0 fully saturated rings. The van der Waals surface area contributed by atoms with Gasteiger partial charge in [-0.25, -0.2) is 4.98 Å².